The topological polar surface area (TPSA) is 63.8 Å². The third-order valence-electron chi connectivity index (χ3n) is 5.35. The molecular weight excluding hydrogens is 352 g/mol. The molecule has 5 heteroatoms. The van der Waals surface area contributed by atoms with Crippen molar-refractivity contribution in [3.8, 4) is 0 Å². The molecule has 0 aliphatic rings. The lowest BCUT2D eigenvalue weighted by Gasteiger charge is -2.16. The first-order chi connectivity index (χ1) is 13.3. The van der Waals surface area contributed by atoms with Gasteiger partial charge in [-0.2, -0.15) is 0 Å². The van der Waals surface area contributed by atoms with Crippen LogP contribution in [0.25, 0.3) is 11.0 Å². The van der Waals surface area contributed by atoms with Crippen molar-refractivity contribution in [3.63, 3.8) is 0 Å². The lowest BCUT2D eigenvalue weighted by molar-refractivity contribution is -0.885. The summed E-state index contributed by atoms with van der Waals surface area (Å²) in [6.07, 6.45) is 0. The molecule has 0 saturated heterocycles. The molecule has 2 aromatic carbocycles. The van der Waals surface area contributed by atoms with Gasteiger partial charge in [-0.15, -0.1) is 0 Å². The number of carbonyl (C=O) groups is 1. The second-order valence-electron chi connectivity index (χ2n) is 7.58. The van der Waals surface area contributed by atoms with Crippen LogP contribution in [0.3, 0.4) is 0 Å². The molecule has 0 saturated carbocycles. The number of benzene rings is 2. The Balaban J connectivity index is 1.77. The number of fused-ring (bicyclic) bond motifs is 1. The van der Waals surface area contributed by atoms with Gasteiger partial charge in [-0.05, 0) is 56.0 Å². The maximum atomic E-state index is 12.5. The minimum Gasteiger partial charge on any atom is -0.422 e. The summed E-state index contributed by atoms with van der Waals surface area (Å²) < 4.78 is 5.44. The SMILES string of the molecule is Cc1cccc(NC(=O)C[NH+](C)Cc2cc(=O)oc3c(C)c(C)ccc23)c1C. The van der Waals surface area contributed by atoms with Crippen LogP contribution in [0.15, 0.2) is 45.6 Å². The molecule has 3 rings (SSSR count). The Morgan fingerprint density at radius 2 is 1.75 bits per heavy atom. The van der Waals surface area contributed by atoms with E-state index < -0.39 is 0 Å². The van der Waals surface area contributed by atoms with E-state index in [1.54, 1.807) is 0 Å². The van der Waals surface area contributed by atoms with E-state index in [-0.39, 0.29) is 11.5 Å². The number of aryl methyl sites for hydroxylation is 3. The molecule has 1 unspecified atom stereocenters. The molecule has 146 valence electrons. The van der Waals surface area contributed by atoms with Crippen molar-refractivity contribution >= 4 is 22.6 Å². The second-order valence-corrected chi connectivity index (χ2v) is 7.58. The fourth-order valence-corrected chi connectivity index (χ4v) is 3.41. The Hall–Kier alpha value is -2.92. The number of likely N-dealkylation sites (N-methyl/N-ethyl adjacent to an activating group) is 1. The van der Waals surface area contributed by atoms with Crippen molar-refractivity contribution in [2.24, 2.45) is 0 Å². The predicted octanol–water partition coefficient (Wildman–Crippen LogP) is 2.68. The van der Waals surface area contributed by atoms with Crippen molar-refractivity contribution < 1.29 is 14.1 Å². The zero-order valence-electron chi connectivity index (χ0n) is 17.1. The molecule has 28 heavy (non-hydrogen) atoms. The minimum atomic E-state index is -0.358. The summed E-state index contributed by atoms with van der Waals surface area (Å²) >= 11 is 0. The van der Waals surface area contributed by atoms with Crippen molar-refractivity contribution in [2.75, 3.05) is 18.9 Å². The van der Waals surface area contributed by atoms with E-state index in [9.17, 15) is 9.59 Å². The van der Waals surface area contributed by atoms with Crippen LogP contribution in [-0.4, -0.2) is 19.5 Å². The fraction of sp³-hybridized carbons (Fsp3) is 0.304. The predicted molar refractivity (Wildman–Crippen MR) is 112 cm³/mol. The molecule has 1 aromatic heterocycles. The van der Waals surface area contributed by atoms with E-state index in [0.29, 0.717) is 18.7 Å². The number of carbonyl (C=O) groups excluding carboxylic acids is 1. The molecular formula is C23H27N2O3+. The number of anilines is 1. The van der Waals surface area contributed by atoms with Crippen LogP contribution in [0.4, 0.5) is 5.69 Å². The molecule has 3 aromatic rings. The smallest absolute Gasteiger partial charge is 0.336 e. The summed E-state index contributed by atoms with van der Waals surface area (Å²) in [4.78, 5) is 25.5. The number of quaternary nitrogens is 1. The van der Waals surface area contributed by atoms with Gasteiger partial charge in [0.05, 0.1) is 7.05 Å². The van der Waals surface area contributed by atoms with Crippen molar-refractivity contribution in [1.82, 2.24) is 0 Å². The van der Waals surface area contributed by atoms with Crippen LogP contribution in [-0.2, 0) is 11.3 Å². The van der Waals surface area contributed by atoms with Gasteiger partial charge in [0.15, 0.2) is 6.54 Å². The molecule has 0 aliphatic carbocycles. The van der Waals surface area contributed by atoms with E-state index in [1.165, 1.54) is 6.07 Å². The highest BCUT2D eigenvalue weighted by molar-refractivity contribution is 5.92. The maximum Gasteiger partial charge on any atom is 0.336 e. The van der Waals surface area contributed by atoms with Gasteiger partial charge >= 0.3 is 5.63 Å². The lowest BCUT2D eigenvalue weighted by atomic mass is 10.0. The van der Waals surface area contributed by atoms with E-state index in [1.807, 2.05) is 65.1 Å². The van der Waals surface area contributed by atoms with Crippen LogP contribution >= 0.6 is 0 Å². The van der Waals surface area contributed by atoms with E-state index in [4.69, 9.17) is 4.42 Å². The highest BCUT2D eigenvalue weighted by Gasteiger charge is 2.16. The molecule has 1 heterocycles. The minimum absolute atomic E-state index is 0.0505. The van der Waals surface area contributed by atoms with Crippen LogP contribution in [0, 0.1) is 27.7 Å². The zero-order chi connectivity index (χ0) is 20.4. The second kappa shape index (κ2) is 7.98. The molecule has 1 amide bonds. The molecule has 0 fully saturated rings. The highest BCUT2D eigenvalue weighted by Crippen LogP contribution is 2.22. The van der Waals surface area contributed by atoms with E-state index >= 15 is 0 Å². The summed E-state index contributed by atoms with van der Waals surface area (Å²) in [5.74, 6) is -0.0505. The van der Waals surface area contributed by atoms with Gasteiger partial charge in [0.25, 0.3) is 5.91 Å². The van der Waals surface area contributed by atoms with Gasteiger partial charge in [-0.25, -0.2) is 4.79 Å². The molecule has 0 aliphatic heterocycles. The lowest BCUT2D eigenvalue weighted by Crippen LogP contribution is -3.08. The number of rotatable bonds is 5. The number of nitrogens with one attached hydrogen (secondary N) is 2. The third kappa shape index (κ3) is 4.15. The molecule has 0 spiro atoms. The van der Waals surface area contributed by atoms with Gasteiger partial charge < -0.3 is 14.6 Å². The first kappa shape index (κ1) is 19.8. The van der Waals surface area contributed by atoms with E-state index in [0.717, 1.165) is 43.8 Å². The Kier molecular flexibility index (Phi) is 5.66. The van der Waals surface area contributed by atoms with Gasteiger partial charge in [0.2, 0.25) is 0 Å². The molecule has 0 radical (unpaired) electrons. The van der Waals surface area contributed by atoms with Crippen LogP contribution in [0.5, 0.6) is 0 Å². The van der Waals surface area contributed by atoms with Crippen molar-refractivity contribution in [1.29, 1.82) is 0 Å². The average Bonchev–Trinajstić information content (AvgIpc) is 2.62. The summed E-state index contributed by atoms with van der Waals surface area (Å²) in [5, 5.41) is 3.92. The van der Waals surface area contributed by atoms with Crippen LogP contribution in [0.1, 0.15) is 27.8 Å². The maximum absolute atomic E-state index is 12.5. The summed E-state index contributed by atoms with van der Waals surface area (Å²) in [5.41, 5.74) is 6.29. The summed E-state index contributed by atoms with van der Waals surface area (Å²) in [6.45, 7) is 8.85. The highest BCUT2D eigenvalue weighted by atomic mass is 16.4. The van der Waals surface area contributed by atoms with Crippen molar-refractivity contribution in [3.05, 3.63) is 74.6 Å². The largest absolute Gasteiger partial charge is 0.422 e. The molecule has 2 N–H and O–H groups in total. The number of hydrogen-bond donors (Lipinski definition) is 2. The van der Waals surface area contributed by atoms with Gasteiger partial charge in [0, 0.05) is 22.7 Å². The zero-order valence-corrected chi connectivity index (χ0v) is 17.1. The van der Waals surface area contributed by atoms with Gasteiger partial charge in [-0.1, -0.05) is 24.3 Å². The first-order valence-corrected chi connectivity index (χ1v) is 9.46. The summed E-state index contributed by atoms with van der Waals surface area (Å²) in [6, 6.07) is 11.4. The van der Waals surface area contributed by atoms with Crippen LogP contribution < -0.4 is 15.8 Å². The Morgan fingerprint density at radius 1 is 1.04 bits per heavy atom. The van der Waals surface area contributed by atoms with Gasteiger partial charge in [-0.3, -0.25) is 4.79 Å². The van der Waals surface area contributed by atoms with Crippen LogP contribution in [0.2, 0.25) is 0 Å². The average molecular weight is 379 g/mol. The molecule has 1 atom stereocenters. The van der Waals surface area contributed by atoms with Crippen molar-refractivity contribution in [2.45, 2.75) is 34.2 Å². The first-order valence-electron chi connectivity index (χ1n) is 9.46. The number of hydrogen-bond acceptors (Lipinski definition) is 3. The van der Waals surface area contributed by atoms with E-state index in [2.05, 4.69) is 5.32 Å². The fourth-order valence-electron chi connectivity index (χ4n) is 3.41. The Labute approximate surface area is 165 Å². The normalized spacial score (nSPS) is 12.2. The monoisotopic (exact) mass is 379 g/mol. The number of amides is 1. The summed E-state index contributed by atoms with van der Waals surface area (Å²) in [7, 11) is 1.95. The third-order valence-corrected chi connectivity index (χ3v) is 5.35. The quantitative estimate of drug-likeness (QED) is 0.670. The molecule has 5 nitrogen and oxygen atoms in total. The Morgan fingerprint density at radius 3 is 2.50 bits per heavy atom. The molecule has 0 bridgehead atoms. The van der Waals surface area contributed by atoms with Gasteiger partial charge in [0.1, 0.15) is 12.1 Å². The Bertz CT molecular complexity index is 1100. The standard InChI is InChI=1S/C23H26N2O3/c1-14-7-6-8-20(16(14)3)24-21(26)13-25(5)12-18-11-22(27)28-23-17(4)15(2)9-10-19(18)23/h6-11H,12-13H2,1-5H3,(H,24,26)/p+1.